The van der Waals surface area contributed by atoms with Crippen LogP contribution in [0.25, 0.3) is 0 Å². The summed E-state index contributed by atoms with van der Waals surface area (Å²) in [7, 11) is 0. The van der Waals surface area contributed by atoms with Crippen LogP contribution in [0.4, 0.5) is 0 Å². The molecule has 16 heavy (non-hydrogen) atoms. The highest BCUT2D eigenvalue weighted by atomic mass is 35.5. The molecule has 0 fully saturated rings. The van der Waals surface area contributed by atoms with Crippen molar-refractivity contribution in [3.8, 4) is 0 Å². The largest absolute Gasteiger partial charge is 0.294 e. The van der Waals surface area contributed by atoms with Gasteiger partial charge in [0.2, 0.25) is 5.78 Å². The summed E-state index contributed by atoms with van der Waals surface area (Å²) < 4.78 is 0. The van der Waals surface area contributed by atoms with Crippen LogP contribution in [-0.4, -0.2) is 23.0 Å². The summed E-state index contributed by atoms with van der Waals surface area (Å²) in [6, 6.07) is 6.10. The third-order valence-corrected chi connectivity index (χ3v) is 2.04. The van der Waals surface area contributed by atoms with E-state index in [0.29, 0.717) is 5.02 Å². The van der Waals surface area contributed by atoms with Gasteiger partial charge in [0.15, 0.2) is 5.78 Å². The van der Waals surface area contributed by atoms with Crippen LogP contribution in [-0.2, 0) is 4.79 Å². The van der Waals surface area contributed by atoms with Crippen molar-refractivity contribution in [2.45, 2.75) is 6.42 Å². The third-order valence-electron chi connectivity index (χ3n) is 1.81. The monoisotopic (exact) mass is 241 g/mol. The molecule has 0 aliphatic rings. The number of halogens is 1. The van der Waals surface area contributed by atoms with E-state index in [4.69, 9.17) is 11.6 Å². The third kappa shape index (κ3) is 3.78. The minimum Gasteiger partial charge on any atom is -0.294 e. The lowest BCUT2D eigenvalue weighted by atomic mass is 10.1. The molecule has 1 rings (SSSR count). The first-order valence-electron chi connectivity index (χ1n) is 4.41. The minimum atomic E-state index is -0.827. The van der Waals surface area contributed by atoms with Crippen LogP contribution < -0.4 is 0 Å². The van der Waals surface area contributed by atoms with Crippen molar-refractivity contribution in [2.24, 2.45) is 0 Å². The highest BCUT2D eigenvalue weighted by molar-refractivity contribution is 6.31. The van der Waals surface area contributed by atoms with Crippen LogP contribution >= 0.6 is 11.6 Å². The topological polar surface area (TPSA) is 77.3 Å². The van der Waals surface area contributed by atoms with E-state index < -0.39 is 29.5 Å². The molecule has 0 radical (unpaired) electrons. The molecule has 1 aromatic rings. The molecule has 0 aromatic heterocycles. The van der Waals surface area contributed by atoms with Gasteiger partial charge >= 0.3 is 0 Å². The lowest BCUT2D eigenvalue weighted by molar-refractivity contribution is -0.467. The van der Waals surface area contributed by atoms with Crippen molar-refractivity contribution in [1.82, 2.24) is 0 Å². The fraction of sp³-hybridized carbons (Fsp3) is 0.200. The van der Waals surface area contributed by atoms with Crippen molar-refractivity contribution >= 4 is 23.2 Å². The lowest BCUT2D eigenvalue weighted by Gasteiger charge is -1.99. The average Bonchev–Trinajstić information content (AvgIpc) is 2.16. The van der Waals surface area contributed by atoms with Gasteiger partial charge in [0.1, 0.15) is 0 Å². The van der Waals surface area contributed by atoms with Crippen LogP contribution in [0.3, 0.4) is 0 Å². The summed E-state index contributed by atoms with van der Waals surface area (Å²) in [6.45, 7) is -0.827. The standard InChI is InChI=1S/C10H8ClNO4/c11-8-3-1-2-7(4-8)10(14)5-9(13)6-12(15)16/h1-4H,5-6H2. The van der Waals surface area contributed by atoms with E-state index in [1.54, 1.807) is 12.1 Å². The molecular formula is C10H8ClNO4. The van der Waals surface area contributed by atoms with Crippen molar-refractivity contribution in [3.05, 3.63) is 45.0 Å². The molecule has 0 N–H and O–H groups in total. The first kappa shape index (κ1) is 12.3. The van der Waals surface area contributed by atoms with Crippen LogP contribution in [0.2, 0.25) is 5.02 Å². The van der Waals surface area contributed by atoms with E-state index in [1.165, 1.54) is 12.1 Å². The number of ketones is 2. The summed E-state index contributed by atoms with van der Waals surface area (Å²) in [6.07, 6.45) is -0.471. The van der Waals surface area contributed by atoms with Crippen molar-refractivity contribution in [3.63, 3.8) is 0 Å². The van der Waals surface area contributed by atoms with Gasteiger partial charge in [0, 0.05) is 15.5 Å². The SMILES string of the molecule is O=C(CC(=O)c1cccc(Cl)c1)C[N+](=O)[O-]. The molecule has 0 bridgehead atoms. The molecule has 84 valence electrons. The molecule has 0 aliphatic carbocycles. The van der Waals surface area contributed by atoms with Crippen molar-refractivity contribution in [1.29, 1.82) is 0 Å². The number of benzene rings is 1. The van der Waals surface area contributed by atoms with Crippen molar-refractivity contribution < 1.29 is 14.5 Å². The number of hydrogen-bond donors (Lipinski definition) is 0. The van der Waals surface area contributed by atoms with E-state index in [0.717, 1.165) is 0 Å². The highest BCUT2D eigenvalue weighted by Gasteiger charge is 2.16. The molecule has 0 saturated heterocycles. The van der Waals surface area contributed by atoms with Gasteiger partial charge in [0.25, 0.3) is 6.54 Å². The second-order valence-corrected chi connectivity index (χ2v) is 3.58. The van der Waals surface area contributed by atoms with Crippen LogP contribution in [0, 0.1) is 10.1 Å². The summed E-state index contributed by atoms with van der Waals surface area (Å²) >= 11 is 5.66. The molecule has 0 unspecified atom stereocenters. The Morgan fingerprint density at radius 2 is 2.06 bits per heavy atom. The molecular weight excluding hydrogens is 234 g/mol. The number of carbonyl (C=O) groups is 2. The minimum absolute atomic E-state index is 0.282. The quantitative estimate of drug-likeness (QED) is 0.341. The lowest BCUT2D eigenvalue weighted by Crippen LogP contribution is -2.17. The smallest absolute Gasteiger partial charge is 0.261 e. The van der Waals surface area contributed by atoms with Gasteiger partial charge in [-0.15, -0.1) is 0 Å². The van der Waals surface area contributed by atoms with Crippen LogP contribution in [0.5, 0.6) is 0 Å². The number of nitro groups is 1. The molecule has 0 heterocycles. The predicted octanol–water partition coefficient (Wildman–Crippen LogP) is 1.76. The second-order valence-electron chi connectivity index (χ2n) is 3.14. The normalized spacial score (nSPS) is 9.81. The van der Waals surface area contributed by atoms with Gasteiger partial charge in [-0.25, -0.2) is 0 Å². The Balaban J connectivity index is 2.66. The zero-order valence-electron chi connectivity index (χ0n) is 8.18. The summed E-state index contributed by atoms with van der Waals surface area (Å²) in [5.41, 5.74) is 0.282. The van der Waals surface area contributed by atoms with Gasteiger partial charge < -0.3 is 0 Å². The first-order valence-corrected chi connectivity index (χ1v) is 4.79. The van der Waals surface area contributed by atoms with E-state index in [-0.39, 0.29) is 5.56 Å². The molecule has 1 aromatic carbocycles. The van der Waals surface area contributed by atoms with Crippen LogP contribution in [0.15, 0.2) is 24.3 Å². The molecule has 0 aliphatic heterocycles. The Morgan fingerprint density at radius 1 is 1.38 bits per heavy atom. The fourth-order valence-electron chi connectivity index (χ4n) is 1.14. The molecule has 5 nitrogen and oxygen atoms in total. The average molecular weight is 242 g/mol. The van der Waals surface area contributed by atoms with Crippen LogP contribution in [0.1, 0.15) is 16.8 Å². The maximum atomic E-state index is 11.5. The van der Waals surface area contributed by atoms with E-state index in [1.807, 2.05) is 0 Å². The van der Waals surface area contributed by atoms with Gasteiger partial charge in [-0.05, 0) is 12.1 Å². The van der Waals surface area contributed by atoms with E-state index in [2.05, 4.69) is 0 Å². The molecule has 0 atom stereocenters. The van der Waals surface area contributed by atoms with Gasteiger partial charge in [-0.2, -0.15) is 0 Å². The summed E-state index contributed by atoms with van der Waals surface area (Å²) in [5, 5.41) is 10.4. The Morgan fingerprint density at radius 3 is 2.62 bits per heavy atom. The van der Waals surface area contributed by atoms with Gasteiger partial charge in [-0.3, -0.25) is 19.7 Å². The second kappa shape index (κ2) is 5.37. The Kier molecular flexibility index (Phi) is 4.13. The van der Waals surface area contributed by atoms with Gasteiger partial charge in [-0.1, -0.05) is 23.7 Å². The maximum absolute atomic E-state index is 11.5. The maximum Gasteiger partial charge on any atom is 0.261 e. The molecule has 6 heteroatoms. The Labute approximate surface area is 96.2 Å². The Bertz CT molecular complexity index is 444. The zero-order chi connectivity index (χ0) is 12.1. The molecule has 0 saturated carbocycles. The predicted molar refractivity (Wildman–Crippen MR) is 57.3 cm³/mol. The number of Topliss-reactive ketones (excluding diaryl/α,β-unsaturated/α-hetero) is 2. The number of hydrogen-bond acceptors (Lipinski definition) is 4. The summed E-state index contributed by atoms with van der Waals surface area (Å²) in [4.78, 5) is 31.8. The molecule has 0 amide bonds. The number of carbonyl (C=O) groups excluding carboxylic acids is 2. The zero-order valence-corrected chi connectivity index (χ0v) is 8.94. The van der Waals surface area contributed by atoms with Crippen molar-refractivity contribution in [2.75, 3.05) is 6.54 Å². The number of rotatable bonds is 5. The Hall–Kier alpha value is -1.75. The van der Waals surface area contributed by atoms with E-state index >= 15 is 0 Å². The van der Waals surface area contributed by atoms with Gasteiger partial charge in [0.05, 0.1) is 6.42 Å². The summed E-state index contributed by atoms with van der Waals surface area (Å²) in [5.74, 6) is -1.18. The fourth-order valence-corrected chi connectivity index (χ4v) is 1.33. The molecule has 0 spiro atoms. The number of nitrogens with zero attached hydrogens (tertiary/aromatic N) is 1. The first-order chi connectivity index (χ1) is 7.49. The highest BCUT2D eigenvalue weighted by Crippen LogP contribution is 2.12. The van der Waals surface area contributed by atoms with E-state index in [9.17, 15) is 19.7 Å².